The molecule has 3 nitrogen and oxygen atoms in total. The lowest BCUT2D eigenvalue weighted by Gasteiger charge is -2.45. The molecule has 3 rings (SSSR count). The van der Waals surface area contributed by atoms with Crippen LogP contribution in [0.1, 0.15) is 57.8 Å². The molecular weight excluding hydrogens is 236 g/mol. The lowest BCUT2D eigenvalue weighted by molar-refractivity contribution is 0.0561. The smallest absolute Gasteiger partial charge is 0.0613 e. The lowest BCUT2D eigenvalue weighted by Crippen LogP contribution is -2.56. The van der Waals surface area contributed by atoms with E-state index in [9.17, 15) is 5.11 Å². The van der Waals surface area contributed by atoms with Crippen molar-refractivity contribution >= 4 is 0 Å². The zero-order valence-electron chi connectivity index (χ0n) is 12.4. The maximum absolute atomic E-state index is 9.88. The van der Waals surface area contributed by atoms with Crippen molar-refractivity contribution in [3.8, 4) is 0 Å². The molecule has 0 aromatic heterocycles. The molecule has 0 heterocycles. The summed E-state index contributed by atoms with van der Waals surface area (Å²) in [6.45, 7) is 1.59. The molecule has 2 atom stereocenters. The number of hydrogen-bond acceptors (Lipinski definition) is 3. The van der Waals surface area contributed by atoms with E-state index in [1.54, 1.807) is 0 Å². The SMILES string of the molecule is CN(CC1CCC1)C1CCCC(CO)(NC2CC2)C1. The second kappa shape index (κ2) is 5.71. The van der Waals surface area contributed by atoms with Gasteiger partial charge in [-0.05, 0) is 64.3 Å². The first-order chi connectivity index (χ1) is 9.21. The van der Waals surface area contributed by atoms with E-state index in [0.29, 0.717) is 18.7 Å². The Morgan fingerprint density at radius 1 is 1.16 bits per heavy atom. The summed E-state index contributed by atoms with van der Waals surface area (Å²) in [5, 5.41) is 13.6. The molecule has 0 radical (unpaired) electrons. The van der Waals surface area contributed by atoms with Crippen molar-refractivity contribution in [2.45, 2.75) is 75.4 Å². The number of nitrogens with one attached hydrogen (secondary N) is 1. The average molecular weight is 266 g/mol. The largest absolute Gasteiger partial charge is 0.394 e. The van der Waals surface area contributed by atoms with Crippen LogP contribution in [0.2, 0.25) is 0 Å². The highest BCUT2D eigenvalue weighted by molar-refractivity contribution is 5.00. The fourth-order valence-electron chi connectivity index (χ4n) is 3.92. The van der Waals surface area contributed by atoms with Gasteiger partial charge in [0.15, 0.2) is 0 Å². The summed E-state index contributed by atoms with van der Waals surface area (Å²) in [5.74, 6) is 0.951. The van der Waals surface area contributed by atoms with E-state index < -0.39 is 0 Å². The van der Waals surface area contributed by atoms with Crippen molar-refractivity contribution in [3.63, 3.8) is 0 Å². The van der Waals surface area contributed by atoms with Crippen molar-refractivity contribution in [2.24, 2.45) is 5.92 Å². The second-order valence-corrected chi connectivity index (χ2v) is 7.34. The molecule has 3 aliphatic carbocycles. The van der Waals surface area contributed by atoms with E-state index in [1.165, 1.54) is 51.5 Å². The number of aliphatic hydroxyl groups excluding tert-OH is 1. The van der Waals surface area contributed by atoms with E-state index in [0.717, 1.165) is 18.8 Å². The summed E-state index contributed by atoms with van der Waals surface area (Å²) in [6.07, 6.45) is 11.8. The van der Waals surface area contributed by atoms with Gasteiger partial charge in [-0.3, -0.25) is 0 Å². The summed E-state index contributed by atoms with van der Waals surface area (Å²) in [7, 11) is 2.30. The zero-order chi connectivity index (χ0) is 13.3. The van der Waals surface area contributed by atoms with Gasteiger partial charge in [-0.15, -0.1) is 0 Å². The third-order valence-electron chi connectivity index (χ3n) is 5.60. The van der Waals surface area contributed by atoms with Crippen LogP contribution in [-0.4, -0.2) is 47.8 Å². The minimum Gasteiger partial charge on any atom is -0.394 e. The fraction of sp³-hybridized carbons (Fsp3) is 1.00. The summed E-state index contributed by atoms with van der Waals surface area (Å²) >= 11 is 0. The highest BCUT2D eigenvalue weighted by Crippen LogP contribution is 2.35. The number of rotatable bonds is 6. The molecule has 3 fully saturated rings. The van der Waals surface area contributed by atoms with Gasteiger partial charge in [0, 0.05) is 24.2 Å². The summed E-state index contributed by atoms with van der Waals surface area (Å²) in [4.78, 5) is 2.59. The molecule has 0 aromatic rings. The highest BCUT2D eigenvalue weighted by atomic mass is 16.3. The van der Waals surface area contributed by atoms with Crippen molar-refractivity contribution < 1.29 is 5.11 Å². The van der Waals surface area contributed by atoms with E-state index in [-0.39, 0.29) is 5.54 Å². The standard InChI is InChI=1S/C16H30N2O/c1-18(11-13-4-2-5-13)15-6-3-9-16(10-15,12-19)17-14-7-8-14/h13-15,17,19H,2-12H2,1H3. The average Bonchev–Trinajstić information content (AvgIpc) is 3.17. The third kappa shape index (κ3) is 3.32. The molecule has 0 bridgehead atoms. The molecule has 0 aromatic carbocycles. The van der Waals surface area contributed by atoms with Gasteiger partial charge in [-0.1, -0.05) is 6.42 Å². The predicted molar refractivity (Wildman–Crippen MR) is 78.2 cm³/mol. The van der Waals surface area contributed by atoms with Crippen LogP contribution in [0.3, 0.4) is 0 Å². The molecule has 19 heavy (non-hydrogen) atoms. The van der Waals surface area contributed by atoms with Gasteiger partial charge in [-0.2, -0.15) is 0 Å². The van der Waals surface area contributed by atoms with Gasteiger partial charge >= 0.3 is 0 Å². The summed E-state index contributed by atoms with van der Waals surface area (Å²) in [6, 6.07) is 1.37. The molecule has 3 aliphatic rings. The maximum Gasteiger partial charge on any atom is 0.0613 e. The molecule has 3 heteroatoms. The van der Waals surface area contributed by atoms with Crippen LogP contribution in [0.5, 0.6) is 0 Å². The zero-order valence-corrected chi connectivity index (χ0v) is 12.4. The summed E-state index contributed by atoms with van der Waals surface area (Å²) in [5.41, 5.74) is 0.0258. The fourth-order valence-corrected chi connectivity index (χ4v) is 3.92. The van der Waals surface area contributed by atoms with E-state index >= 15 is 0 Å². The second-order valence-electron chi connectivity index (χ2n) is 7.34. The van der Waals surface area contributed by atoms with Gasteiger partial charge < -0.3 is 15.3 Å². The first kappa shape index (κ1) is 13.8. The molecule has 0 saturated heterocycles. The molecule has 0 aliphatic heterocycles. The van der Waals surface area contributed by atoms with Crippen LogP contribution in [-0.2, 0) is 0 Å². The minimum absolute atomic E-state index is 0.0258. The third-order valence-corrected chi connectivity index (χ3v) is 5.60. The molecule has 3 saturated carbocycles. The Labute approximate surface area is 117 Å². The molecule has 0 spiro atoms. The van der Waals surface area contributed by atoms with Crippen molar-refractivity contribution in [1.29, 1.82) is 0 Å². The Kier molecular flexibility index (Phi) is 4.16. The first-order valence-corrected chi connectivity index (χ1v) is 8.29. The van der Waals surface area contributed by atoms with Gasteiger partial charge in [0.25, 0.3) is 0 Å². The Balaban J connectivity index is 1.55. The highest BCUT2D eigenvalue weighted by Gasteiger charge is 2.41. The van der Waals surface area contributed by atoms with E-state index in [1.807, 2.05) is 0 Å². The molecule has 110 valence electrons. The van der Waals surface area contributed by atoms with Crippen LogP contribution in [0.4, 0.5) is 0 Å². The van der Waals surface area contributed by atoms with Gasteiger partial charge in [0.05, 0.1) is 6.61 Å². The summed E-state index contributed by atoms with van der Waals surface area (Å²) < 4.78 is 0. The number of hydrogen-bond donors (Lipinski definition) is 2. The Morgan fingerprint density at radius 2 is 1.95 bits per heavy atom. The van der Waals surface area contributed by atoms with Gasteiger partial charge in [0.2, 0.25) is 0 Å². The maximum atomic E-state index is 9.88. The Hall–Kier alpha value is -0.120. The van der Waals surface area contributed by atoms with Gasteiger partial charge in [0.1, 0.15) is 0 Å². The number of aliphatic hydroxyl groups is 1. The van der Waals surface area contributed by atoms with Crippen molar-refractivity contribution in [2.75, 3.05) is 20.2 Å². The van der Waals surface area contributed by atoms with Crippen molar-refractivity contribution in [3.05, 3.63) is 0 Å². The molecule has 0 amide bonds. The van der Waals surface area contributed by atoms with Gasteiger partial charge in [-0.25, -0.2) is 0 Å². The Morgan fingerprint density at radius 3 is 2.53 bits per heavy atom. The van der Waals surface area contributed by atoms with Crippen LogP contribution in [0.15, 0.2) is 0 Å². The quantitative estimate of drug-likeness (QED) is 0.773. The van der Waals surface area contributed by atoms with Crippen molar-refractivity contribution in [1.82, 2.24) is 10.2 Å². The lowest BCUT2D eigenvalue weighted by atomic mass is 9.78. The van der Waals surface area contributed by atoms with Crippen LogP contribution >= 0.6 is 0 Å². The molecule has 2 unspecified atom stereocenters. The molecule has 2 N–H and O–H groups in total. The predicted octanol–water partition coefficient (Wildman–Crippen LogP) is 2.14. The topological polar surface area (TPSA) is 35.5 Å². The first-order valence-electron chi connectivity index (χ1n) is 8.29. The van der Waals surface area contributed by atoms with Crippen LogP contribution in [0.25, 0.3) is 0 Å². The van der Waals surface area contributed by atoms with Crippen LogP contribution in [0, 0.1) is 5.92 Å². The number of nitrogens with zero attached hydrogens (tertiary/aromatic N) is 1. The monoisotopic (exact) mass is 266 g/mol. The Bertz CT molecular complexity index is 301. The van der Waals surface area contributed by atoms with Crippen LogP contribution < -0.4 is 5.32 Å². The van der Waals surface area contributed by atoms with E-state index in [2.05, 4.69) is 17.3 Å². The molecular formula is C16H30N2O. The normalized spacial score (nSPS) is 36.5. The minimum atomic E-state index is 0.0258. The van der Waals surface area contributed by atoms with E-state index in [4.69, 9.17) is 0 Å².